The smallest absolute Gasteiger partial charge is 0.323 e. The molecule has 0 radical (unpaired) electrons. The van der Waals surface area contributed by atoms with Gasteiger partial charge in [-0.1, -0.05) is 104 Å². The molecular weight excluding hydrogens is 476 g/mol. The molecule has 0 aliphatic heterocycles. The van der Waals surface area contributed by atoms with E-state index in [1.807, 2.05) is 42.5 Å². The number of urea groups is 1. The molecule has 8 nitrogen and oxygen atoms in total. The number of anilines is 2. The lowest BCUT2D eigenvalue weighted by atomic mass is 10.0. The molecule has 9 heteroatoms. The molecule has 1 unspecified atom stereocenters. The molecule has 0 spiro atoms. The van der Waals surface area contributed by atoms with Crippen molar-refractivity contribution in [2.24, 2.45) is 0 Å². The molecular formula is C27H22N4O4S. The van der Waals surface area contributed by atoms with Crippen LogP contribution in [0.25, 0.3) is 11.1 Å². The predicted octanol–water partition coefficient (Wildman–Crippen LogP) is 6.32. The van der Waals surface area contributed by atoms with Gasteiger partial charge in [-0.25, -0.2) is 4.79 Å². The summed E-state index contributed by atoms with van der Waals surface area (Å²) in [5.41, 5.74) is 2.53. The molecule has 1 atom stereocenters. The molecule has 0 aromatic heterocycles. The SMILES string of the molecule is O=C(Nc1ccccc1-c1ccccc1)C(c1ccccc1)N(S)C(=O)Nc1ccccc1[N+](=O)[O-]. The van der Waals surface area contributed by atoms with E-state index in [0.29, 0.717) is 11.3 Å². The number of nitro benzene ring substituents is 1. The Morgan fingerprint density at radius 1 is 0.750 bits per heavy atom. The van der Waals surface area contributed by atoms with Crippen molar-refractivity contribution in [3.63, 3.8) is 0 Å². The van der Waals surface area contributed by atoms with Gasteiger partial charge >= 0.3 is 6.03 Å². The van der Waals surface area contributed by atoms with Crippen LogP contribution in [0.4, 0.5) is 21.9 Å². The third kappa shape index (κ3) is 5.53. The van der Waals surface area contributed by atoms with Crippen LogP contribution in [0.5, 0.6) is 0 Å². The van der Waals surface area contributed by atoms with E-state index in [1.54, 1.807) is 48.5 Å². The molecule has 180 valence electrons. The lowest BCUT2D eigenvalue weighted by Gasteiger charge is -2.27. The number of amides is 3. The van der Waals surface area contributed by atoms with Crippen molar-refractivity contribution in [3.05, 3.63) is 125 Å². The van der Waals surface area contributed by atoms with Crippen LogP contribution < -0.4 is 10.6 Å². The Kier molecular flexibility index (Phi) is 7.62. The highest BCUT2D eigenvalue weighted by molar-refractivity contribution is 7.78. The number of benzene rings is 4. The number of thiol groups is 1. The first-order chi connectivity index (χ1) is 17.5. The first-order valence-corrected chi connectivity index (χ1v) is 11.4. The number of nitrogens with zero attached hydrogens (tertiary/aromatic N) is 2. The Morgan fingerprint density at radius 3 is 1.97 bits per heavy atom. The second kappa shape index (κ2) is 11.2. The Labute approximate surface area is 213 Å². The molecule has 4 rings (SSSR count). The Hall–Kier alpha value is -4.63. The van der Waals surface area contributed by atoms with E-state index in [1.165, 1.54) is 18.2 Å². The van der Waals surface area contributed by atoms with Crippen molar-refractivity contribution in [2.75, 3.05) is 10.6 Å². The van der Waals surface area contributed by atoms with E-state index in [4.69, 9.17) is 0 Å². The van der Waals surface area contributed by atoms with E-state index in [2.05, 4.69) is 23.4 Å². The Balaban J connectivity index is 1.64. The number of hydrogen-bond donors (Lipinski definition) is 3. The molecule has 0 aliphatic carbocycles. The molecule has 3 amide bonds. The number of carbonyl (C=O) groups excluding carboxylic acids is 2. The third-order valence-electron chi connectivity index (χ3n) is 5.43. The summed E-state index contributed by atoms with van der Waals surface area (Å²) in [5, 5.41) is 16.8. The third-order valence-corrected chi connectivity index (χ3v) is 5.84. The van der Waals surface area contributed by atoms with Crippen LogP contribution in [0, 0.1) is 10.1 Å². The highest BCUT2D eigenvalue weighted by Gasteiger charge is 2.31. The van der Waals surface area contributed by atoms with E-state index in [-0.39, 0.29) is 11.4 Å². The summed E-state index contributed by atoms with van der Waals surface area (Å²) in [7, 11) is 0. The molecule has 0 saturated carbocycles. The van der Waals surface area contributed by atoms with E-state index >= 15 is 0 Å². The number of carbonyl (C=O) groups is 2. The van der Waals surface area contributed by atoms with Crippen LogP contribution in [0.2, 0.25) is 0 Å². The zero-order valence-corrected chi connectivity index (χ0v) is 19.8. The van der Waals surface area contributed by atoms with Gasteiger partial charge in [-0.05, 0) is 23.3 Å². The fourth-order valence-electron chi connectivity index (χ4n) is 3.73. The number of hydrogen-bond acceptors (Lipinski definition) is 5. The van der Waals surface area contributed by atoms with Crippen LogP contribution >= 0.6 is 12.8 Å². The first kappa shape index (κ1) is 24.5. The quantitative estimate of drug-likeness (QED) is 0.158. The van der Waals surface area contributed by atoms with Gasteiger partial charge < -0.3 is 10.6 Å². The molecule has 2 N–H and O–H groups in total. The maximum atomic E-state index is 13.6. The van der Waals surface area contributed by atoms with Gasteiger partial charge in [0.2, 0.25) is 0 Å². The minimum absolute atomic E-state index is 0.00630. The first-order valence-electron chi connectivity index (χ1n) is 11.0. The molecule has 0 heterocycles. The molecule has 0 bridgehead atoms. The zero-order valence-electron chi connectivity index (χ0n) is 18.9. The lowest BCUT2D eigenvalue weighted by molar-refractivity contribution is -0.383. The number of nitrogens with one attached hydrogen (secondary N) is 2. The summed E-state index contributed by atoms with van der Waals surface area (Å²) in [4.78, 5) is 37.4. The fraction of sp³-hybridized carbons (Fsp3) is 0.0370. The van der Waals surface area contributed by atoms with Crippen molar-refractivity contribution in [1.82, 2.24) is 4.31 Å². The predicted molar refractivity (Wildman–Crippen MR) is 143 cm³/mol. The maximum absolute atomic E-state index is 13.6. The van der Waals surface area contributed by atoms with Gasteiger partial charge in [0.05, 0.1) is 4.92 Å². The monoisotopic (exact) mass is 498 g/mol. The van der Waals surface area contributed by atoms with Crippen molar-refractivity contribution < 1.29 is 14.5 Å². The van der Waals surface area contributed by atoms with Gasteiger partial charge in [-0.15, -0.1) is 0 Å². The standard InChI is InChI=1S/C27H22N4O4S/c32-26(28-22-16-8-7-15-21(22)19-11-3-1-4-12-19)25(20-13-5-2-6-14-20)30(36)27(33)29-23-17-9-10-18-24(23)31(34)35/h1-18,25,36H,(H,28,32)(H,29,33). The van der Waals surface area contributed by atoms with Gasteiger partial charge in [0, 0.05) is 17.3 Å². The van der Waals surface area contributed by atoms with Gasteiger partial charge in [-0.2, -0.15) is 0 Å². The highest BCUT2D eigenvalue weighted by Crippen LogP contribution is 2.31. The summed E-state index contributed by atoms with van der Waals surface area (Å²) in [6.07, 6.45) is 0. The summed E-state index contributed by atoms with van der Waals surface area (Å²) in [5.74, 6) is -0.503. The highest BCUT2D eigenvalue weighted by atomic mass is 32.1. The number of rotatable bonds is 7. The molecule has 4 aromatic rings. The summed E-state index contributed by atoms with van der Waals surface area (Å²) in [6, 6.07) is 29.4. The summed E-state index contributed by atoms with van der Waals surface area (Å²) in [6.45, 7) is 0. The van der Waals surface area contributed by atoms with Crippen molar-refractivity contribution in [1.29, 1.82) is 0 Å². The van der Waals surface area contributed by atoms with Crippen molar-refractivity contribution in [2.45, 2.75) is 6.04 Å². The van der Waals surface area contributed by atoms with Crippen LogP contribution in [-0.2, 0) is 4.79 Å². The second-order valence-electron chi connectivity index (χ2n) is 7.76. The van der Waals surface area contributed by atoms with Crippen molar-refractivity contribution >= 4 is 41.8 Å². The number of nitro groups is 1. The average Bonchev–Trinajstić information content (AvgIpc) is 2.90. The average molecular weight is 499 g/mol. The zero-order chi connectivity index (χ0) is 25.5. The molecule has 0 aliphatic rings. The fourth-order valence-corrected chi connectivity index (χ4v) is 4.02. The largest absolute Gasteiger partial charge is 0.332 e. The van der Waals surface area contributed by atoms with Gasteiger partial charge in [0.25, 0.3) is 11.6 Å². The van der Waals surface area contributed by atoms with Crippen LogP contribution in [0.3, 0.4) is 0 Å². The summed E-state index contributed by atoms with van der Waals surface area (Å²) < 4.78 is 0.923. The Morgan fingerprint density at radius 2 is 1.31 bits per heavy atom. The topological polar surface area (TPSA) is 105 Å². The van der Waals surface area contributed by atoms with Crippen LogP contribution in [-0.4, -0.2) is 21.2 Å². The lowest BCUT2D eigenvalue weighted by Crippen LogP contribution is -2.38. The molecule has 0 fully saturated rings. The molecule has 36 heavy (non-hydrogen) atoms. The molecule has 0 saturated heterocycles. The normalized spacial score (nSPS) is 11.2. The summed E-state index contributed by atoms with van der Waals surface area (Å²) >= 11 is 4.34. The maximum Gasteiger partial charge on any atom is 0.332 e. The second-order valence-corrected chi connectivity index (χ2v) is 8.19. The minimum atomic E-state index is -1.14. The van der Waals surface area contributed by atoms with E-state index in [9.17, 15) is 19.7 Å². The van der Waals surface area contributed by atoms with Crippen LogP contribution in [0.15, 0.2) is 109 Å². The van der Waals surface area contributed by atoms with Gasteiger partial charge in [0.1, 0.15) is 11.7 Å². The number of para-hydroxylation sites is 3. The molecule has 4 aromatic carbocycles. The van der Waals surface area contributed by atoms with Crippen molar-refractivity contribution in [3.8, 4) is 11.1 Å². The van der Waals surface area contributed by atoms with E-state index in [0.717, 1.165) is 15.4 Å². The van der Waals surface area contributed by atoms with Crippen LogP contribution in [0.1, 0.15) is 11.6 Å². The van der Waals surface area contributed by atoms with Gasteiger partial charge in [-0.3, -0.25) is 19.2 Å². The minimum Gasteiger partial charge on any atom is -0.323 e. The van der Waals surface area contributed by atoms with Gasteiger partial charge in [0.15, 0.2) is 0 Å². The Bertz CT molecular complexity index is 1380. The van der Waals surface area contributed by atoms with E-state index < -0.39 is 22.9 Å².